The number of carbonyl (C=O) groups is 1. The molecule has 29 nitrogen and oxygen atoms in total. The number of carbonyl (C=O) groups excluding carboxylic acids is 1. The van der Waals surface area contributed by atoms with Crippen LogP contribution in [0.4, 0.5) is 0 Å². The number of ether oxygens (including phenoxy) is 25. The highest BCUT2D eigenvalue weighted by atomic mass is 16.6. The first-order valence-corrected chi connectivity index (χ1v) is 34.2. The largest absolute Gasteiger partial charge is 0.463 e. The van der Waals surface area contributed by atoms with Crippen molar-refractivity contribution in [2.24, 2.45) is 0 Å². The number of esters is 1. The molecular formula is C64H126O29. The van der Waals surface area contributed by atoms with Gasteiger partial charge in [-0.2, -0.15) is 0 Å². The molecule has 0 amide bonds. The summed E-state index contributed by atoms with van der Waals surface area (Å²) in [6.07, 6.45) is 9.38. The van der Waals surface area contributed by atoms with E-state index < -0.39 is 24.4 Å². The quantitative estimate of drug-likeness (QED) is 0.0581. The zero-order valence-corrected chi connectivity index (χ0v) is 56.8. The fourth-order valence-electron chi connectivity index (χ4n) is 8.35. The second-order valence-electron chi connectivity index (χ2n) is 20.6. The molecule has 1 aliphatic rings. The molecule has 0 spiro atoms. The highest BCUT2D eigenvalue weighted by molar-refractivity contribution is 5.69. The first-order valence-electron chi connectivity index (χ1n) is 34.2. The number of aliphatic hydroxyl groups excluding tert-OH is 3. The third-order valence-corrected chi connectivity index (χ3v) is 13.1. The van der Waals surface area contributed by atoms with E-state index in [2.05, 4.69) is 6.92 Å². The zero-order chi connectivity index (χ0) is 66.6. The summed E-state index contributed by atoms with van der Waals surface area (Å²) < 4.78 is 142. The molecule has 29 heteroatoms. The van der Waals surface area contributed by atoms with Crippen LogP contribution in [0, 0.1) is 0 Å². The molecule has 4 atom stereocenters. The van der Waals surface area contributed by atoms with Crippen LogP contribution >= 0.6 is 0 Å². The van der Waals surface area contributed by atoms with Gasteiger partial charge in [-0.1, -0.05) is 58.3 Å². The van der Waals surface area contributed by atoms with Gasteiger partial charge in [-0.25, -0.2) is 0 Å². The molecule has 0 saturated carbocycles. The van der Waals surface area contributed by atoms with Crippen LogP contribution in [0.25, 0.3) is 0 Å². The van der Waals surface area contributed by atoms with E-state index in [-0.39, 0.29) is 78.6 Å². The lowest BCUT2D eigenvalue weighted by Crippen LogP contribution is -2.46. The van der Waals surface area contributed by atoms with Gasteiger partial charge in [0.15, 0.2) is 0 Å². The number of hydrogen-bond donors (Lipinski definition) is 3. The Hall–Kier alpha value is -1.61. The minimum atomic E-state index is -0.555. The molecule has 0 aromatic carbocycles. The highest BCUT2D eigenvalue weighted by Crippen LogP contribution is 2.26. The molecule has 1 aliphatic heterocycles. The molecule has 0 radical (unpaired) electrons. The van der Waals surface area contributed by atoms with Gasteiger partial charge in [-0.05, 0) is 6.42 Å². The maximum Gasteiger partial charge on any atom is 0.305 e. The van der Waals surface area contributed by atoms with Gasteiger partial charge in [-0.15, -0.1) is 0 Å². The molecule has 1 saturated heterocycles. The molecule has 93 heavy (non-hydrogen) atoms. The van der Waals surface area contributed by atoms with Crippen molar-refractivity contribution in [3.05, 3.63) is 0 Å². The number of aliphatic hydroxyl groups is 3. The van der Waals surface area contributed by atoms with Gasteiger partial charge in [0.1, 0.15) is 31.0 Å². The normalized spacial score (nSPS) is 15.3. The average molecular weight is 1360 g/mol. The van der Waals surface area contributed by atoms with E-state index in [0.29, 0.717) is 251 Å². The maximum absolute atomic E-state index is 11.9. The molecule has 0 aliphatic carbocycles. The summed E-state index contributed by atoms with van der Waals surface area (Å²) in [4.78, 5) is 11.9. The van der Waals surface area contributed by atoms with Crippen LogP contribution in [0.1, 0.15) is 71.1 Å². The highest BCUT2D eigenvalue weighted by Gasteiger charge is 2.44. The lowest BCUT2D eigenvalue weighted by molar-refractivity contribution is -0.145. The molecule has 4 unspecified atom stereocenters. The molecule has 556 valence electrons. The van der Waals surface area contributed by atoms with Crippen molar-refractivity contribution in [1.29, 1.82) is 0 Å². The maximum atomic E-state index is 11.9. The molecule has 1 heterocycles. The molecule has 1 fully saturated rings. The van der Waals surface area contributed by atoms with Gasteiger partial charge in [0.25, 0.3) is 0 Å². The van der Waals surface area contributed by atoms with Gasteiger partial charge < -0.3 is 134 Å². The van der Waals surface area contributed by atoms with Crippen LogP contribution in [0.5, 0.6) is 0 Å². The van der Waals surface area contributed by atoms with Crippen LogP contribution in [0.2, 0.25) is 0 Å². The van der Waals surface area contributed by atoms with Crippen molar-refractivity contribution < 1.29 is 139 Å². The van der Waals surface area contributed by atoms with E-state index in [1.165, 1.54) is 44.9 Å². The molecule has 0 bridgehead atoms. The predicted octanol–water partition coefficient (Wildman–Crippen LogP) is 2.31. The van der Waals surface area contributed by atoms with Crippen molar-refractivity contribution in [2.75, 3.05) is 317 Å². The van der Waals surface area contributed by atoms with E-state index in [4.69, 9.17) is 129 Å². The Morgan fingerprint density at radius 1 is 0.323 bits per heavy atom. The van der Waals surface area contributed by atoms with Crippen molar-refractivity contribution >= 4 is 5.97 Å². The summed E-state index contributed by atoms with van der Waals surface area (Å²) in [5.74, 6) is -0.151. The second kappa shape index (κ2) is 77.7. The molecule has 0 aromatic rings. The van der Waals surface area contributed by atoms with Crippen molar-refractivity contribution in [3.8, 4) is 0 Å². The summed E-state index contributed by atoms with van der Waals surface area (Å²) in [6, 6.07) is 0. The van der Waals surface area contributed by atoms with Crippen molar-refractivity contribution in [3.63, 3.8) is 0 Å². The fraction of sp³-hybridized carbons (Fsp3) is 0.984. The second-order valence-corrected chi connectivity index (χ2v) is 20.6. The van der Waals surface area contributed by atoms with Gasteiger partial charge in [0, 0.05) is 6.42 Å². The molecule has 3 N–H and O–H groups in total. The topological polar surface area (TPSA) is 309 Å². The minimum absolute atomic E-state index is 0.00472. The summed E-state index contributed by atoms with van der Waals surface area (Å²) in [5, 5.41) is 26.7. The average Bonchev–Trinajstić information content (AvgIpc) is 1.82. The van der Waals surface area contributed by atoms with Crippen LogP contribution < -0.4 is 0 Å². The van der Waals surface area contributed by atoms with Crippen LogP contribution in [0.3, 0.4) is 0 Å². The van der Waals surface area contributed by atoms with E-state index in [1.54, 1.807) is 0 Å². The van der Waals surface area contributed by atoms with Gasteiger partial charge in [0.2, 0.25) is 0 Å². The first-order chi connectivity index (χ1) is 46.2. The van der Waals surface area contributed by atoms with Crippen molar-refractivity contribution in [2.45, 2.75) is 95.5 Å². The lowest BCUT2D eigenvalue weighted by atomic mass is 10.1. The molecule has 1 rings (SSSR count). The van der Waals surface area contributed by atoms with Crippen molar-refractivity contribution in [1.82, 2.24) is 0 Å². The lowest BCUT2D eigenvalue weighted by Gasteiger charge is -2.29. The van der Waals surface area contributed by atoms with Crippen LogP contribution in [-0.4, -0.2) is 363 Å². The Bertz CT molecular complexity index is 1420. The third-order valence-electron chi connectivity index (χ3n) is 13.1. The minimum Gasteiger partial charge on any atom is -0.463 e. The van der Waals surface area contributed by atoms with E-state index in [1.807, 2.05) is 0 Å². The van der Waals surface area contributed by atoms with Gasteiger partial charge >= 0.3 is 5.97 Å². The smallest absolute Gasteiger partial charge is 0.305 e. The number of hydrogen-bond acceptors (Lipinski definition) is 29. The Labute approximate surface area is 555 Å². The van der Waals surface area contributed by atoms with Crippen LogP contribution in [0.15, 0.2) is 0 Å². The summed E-state index contributed by atoms with van der Waals surface area (Å²) in [7, 11) is 0. The molecular weight excluding hydrogens is 1230 g/mol. The van der Waals surface area contributed by atoms with E-state index >= 15 is 0 Å². The van der Waals surface area contributed by atoms with Gasteiger partial charge in [0.05, 0.1) is 311 Å². The standard InChI is InChI=1S/C64H126O29/c1-2-3-4-5-6-7-8-9-10-11-62(68)91-56-52-86-46-43-82-38-36-79-33-32-77-29-28-75-26-27-76-30-31-78-34-35-81-40-41-84-48-49-88-58-60(89-54-50-71-17-14-67)64-63(61(59-93-64)90-55-51-85-45-42-73-21-19-70-16-13-66)92-57-53-87-47-44-83-39-37-80-25-24-74-23-22-72-20-18-69-15-12-65/h60-61,63-67H,2-59H2,1H3. The summed E-state index contributed by atoms with van der Waals surface area (Å²) >= 11 is 0. The fourth-order valence-corrected chi connectivity index (χ4v) is 8.35. The predicted molar refractivity (Wildman–Crippen MR) is 339 cm³/mol. The summed E-state index contributed by atoms with van der Waals surface area (Å²) in [5.41, 5.74) is 0. The Morgan fingerprint density at radius 3 is 0.925 bits per heavy atom. The SMILES string of the molecule is CCCCCCCCCCCC(=O)OCCOCCOCCOCCOCCOCCOCCOCCOCCOCCOCC(OCCOCCO)C1OCC(OCCOCCOCCOCCO)C1OCCOCCOCCOCCOCCOCCOCCO. The Morgan fingerprint density at radius 2 is 0.591 bits per heavy atom. The Kier molecular flexibility index (Phi) is 74.7. The number of rotatable bonds is 82. The number of unbranched alkanes of at least 4 members (excludes halogenated alkanes) is 8. The van der Waals surface area contributed by atoms with Crippen LogP contribution in [-0.2, 0) is 123 Å². The van der Waals surface area contributed by atoms with E-state index in [0.717, 1.165) is 12.8 Å². The van der Waals surface area contributed by atoms with E-state index in [9.17, 15) is 9.90 Å². The third kappa shape index (κ3) is 66.1. The monoisotopic (exact) mass is 1360 g/mol. The summed E-state index contributed by atoms with van der Waals surface area (Å²) in [6.45, 7) is 19.1. The first kappa shape index (κ1) is 89.4. The molecule has 0 aromatic heterocycles. The zero-order valence-electron chi connectivity index (χ0n) is 56.8. The Balaban J connectivity index is 2.17. The van der Waals surface area contributed by atoms with Gasteiger partial charge in [-0.3, -0.25) is 4.79 Å².